The average Bonchev–Trinajstić information content (AvgIpc) is 2.67. The minimum absolute atomic E-state index is 0.352. The number of hydrogen-bond acceptors (Lipinski definition) is 4. The van der Waals surface area contributed by atoms with Gasteiger partial charge < -0.3 is 10.1 Å². The highest BCUT2D eigenvalue weighted by Gasteiger charge is 2.14. The molecule has 0 radical (unpaired) electrons. The van der Waals surface area contributed by atoms with Gasteiger partial charge >= 0.3 is 0 Å². The lowest BCUT2D eigenvalue weighted by molar-refractivity contribution is 0.120. The molecule has 1 aliphatic heterocycles. The van der Waals surface area contributed by atoms with Gasteiger partial charge in [0.2, 0.25) is 0 Å². The van der Waals surface area contributed by atoms with Crippen LogP contribution in [0.5, 0.6) is 0 Å². The van der Waals surface area contributed by atoms with Crippen molar-refractivity contribution in [3.05, 3.63) is 18.1 Å². The van der Waals surface area contributed by atoms with Crippen molar-refractivity contribution in [1.82, 2.24) is 9.97 Å². The van der Waals surface area contributed by atoms with Crippen LogP contribution in [0, 0.1) is 6.92 Å². The molecule has 0 bridgehead atoms. The van der Waals surface area contributed by atoms with Gasteiger partial charge in [0.05, 0.1) is 6.10 Å². The lowest BCUT2D eigenvalue weighted by Crippen LogP contribution is -2.19. The van der Waals surface area contributed by atoms with E-state index in [-0.39, 0.29) is 0 Å². The fraction of sp³-hybridized carbons (Fsp3) is 0.600. The average molecular weight is 193 g/mol. The molecule has 1 fully saturated rings. The van der Waals surface area contributed by atoms with Gasteiger partial charge in [0, 0.05) is 19.3 Å². The van der Waals surface area contributed by atoms with Gasteiger partial charge in [-0.1, -0.05) is 0 Å². The maximum Gasteiger partial charge on any atom is 0.129 e. The molecule has 1 aromatic rings. The molecular weight excluding hydrogens is 178 g/mol. The number of aromatic nitrogens is 2. The molecule has 0 aliphatic carbocycles. The molecule has 4 nitrogen and oxygen atoms in total. The first-order chi connectivity index (χ1) is 6.84. The molecular formula is C10H15N3O. The van der Waals surface area contributed by atoms with Crippen LogP contribution in [-0.2, 0) is 4.74 Å². The van der Waals surface area contributed by atoms with E-state index in [0.29, 0.717) is 6.10 Å². The standard InChI is InChI=1S/C10H15N3O/c1-8-11-5-4-10(13-8)12-7-9-3-2-6-14-9/h4-5,9H,2-3,6-7H2,1H3,(H,11,12,13). The molecule has 1 aliphatic rings. The lowest BCUT2D eigenvalue weighted by atomic mass is 10.2. The van der Waals surface area contributed by atoms with Crippen LogP contribution in [-0.4, -0.2) is 29.2 Å². The molecule has 0 spiro atoms. The zero-order chi connectivity index (χ0) is 9.80. The summed E-state index contributed by atoms with van der Waals surface area (Å²) in [7, 11) is 0. The zero-order valence-corrected chi connectivity index (χ0v) is 8.36. The van der Waals surface area contributed by atoms with Gasteiger partial charge in [0.15, 0.2) is 0 Å². The second kappa shape index (κ2) is 4.37. The van der Waals surface area contributed by atoms with Crippen LogP contribution in [0.4, 0.5) is 5.82 Å². The van der Waals surface area contributed by atoms with Crippen LogP contribution in [0.3, 0.4) is 0 Å². The minimum atomic E-state index is 0.352. The van der Waals surface area contributed by atoms with Crippen LogP contribution in [0.25, 0.3) is 0 Å². The molecule has 1 N–H and O–H groups in total. The number of anilines is 1. The molecule has 1 aromatic heterocycles. The first-order valence-electron chi connectivity index (χ1n) is 5.00. The van der Waals surface area contributed by atoms with Crippen molar-refractivity contribution in [3.8, 4) is 0 Å². The normalized spacial score (nSPS) is 21.1. The number of rotatable bonds is 3. The van der Waals surface area contributed by atoms with Crippen LogP contribution in [0.15, 0.2) is 12.3 Å². The first kappa shape index (κ1) is 9.40. The smallest absolute Gasteiger partial charge is 0.129 e. The Balaban J connectivity index is 1.85. The molecule has 1 atom stereocenters. The molecule has 1 unspecified atom stereocenters. The summed E-state index contributed by atoms with van der Waals surface area (Å²) in [6, 6.07) is 1.88. The summed E-state index contributed by atoms with van der Waals surface area (Å²) in [6.07, 6.45) is 4.44. The Hall–Kier alpha value is -1.16. The molecule has 4 heteroatoms. The summed E-state index contributed by atoms with van der Waals surface area (Å²) in [5.41, 5.74) is 0. The first-order valence-corrected chi connectivity index (χ1v) is 5.00. The van der Waals surface area contributed by atoms with Gasteiger partial charge in [-0.15, -0.1) is 0 Å². The number of nitrogens with one attached hydrogen (secondary N) is 1. The second-order valence-corrected chi connectivity index (χ2v) is 3.51. The Morgan fingerprint density at radius 1 is 1.64 bits per heavy atom. The predicted molar refractivity (Wildman–Crippen MR) is 54.2 cm³/mol. The largest absolute Gasteiger partial charge is 0.376 e. The topological polar surface area (TPSA) is 47.0 Å². The summed E-state index contributed by atoms with van der Waals surface area (Å²) < 4.78 is 5.50. The summed E-state index contributed by atoms with van der Waals surface area (Å²) >= 11 is 0. The Kier molecular flexibility index (Phi) is 2.93. The number of aryl methyl sites for hydroxylation is 1. The van der Waals surface area contributed by atoms with E-state index in [4.69, 9.17) is 4.74 Å². The summed E-state index contributed by atoms with van der Waals surface area (Å²) in [6.45, 7) is 3.63. The lowest BCUT2D eigenvalue weighted by Gasteiger charge is -2.10. The second-order valence-electron chi connectivity index (χ2n) is 3.51. The highest BCUT2D eigenvalue weighted by atomic mass is 16.5. The van der Waals surface area contributed by atoms with Crippen molar-refractivity contribution in [2.45, 2.75) is 25.9 Å². The van der Waals surface area contributed by atoms with Gasteiger partial charge in [-0.2, -0.15) is 0 Å². The van der Waals surface area contributed by atoms with E-state index in [1.54, 1.807) is 6.20 Å². The Morgan fingerprint density at radius 2 is 2.57 bits per heavy atom. The molecule has 14 heavy (non-hydrogen) atoms. The molecule has 0 aromatic carbocycles. The van der Waals surface area contributed by atoms with Crippen molar-refractivity contribution >= 4 is 5.82 Å². The van der Waals surface area contributed by atoms with Gasteiger partial charge in [-0.25, -0.2) is 9.97 Å². The third-order valence-corrected chi connectivity index (χ3v) is 2.31. The molecule has 76 valence electrons. The van der Waals surface area contributed by atoms with E-state index < -0.39 is 0 Å². The Labute approximate surface area is 83.7 Å². The van der Waals surface area contributed by atoms with E-state index in [1.807, 2.05) is 13.0 Å². The minimum Gasteiger partial charge on any atom is -0.376 e. The summed E-state index contributed by atoms with van der Waals surface area (Å²) in [4.78, 5) is 8.29. The van der Waals surface area contributed by atoms with Crippen molar-refractivity contribution in [1.29, 1.82) is 0 Å². The predicted octanol–water partition coefficient (Wildman–Crippen LogP) is 1.38. The van der Waals surface area contributed by atoms with Crippen LogP contribution < -0.4 is 5.32 Å². The van der Waals surface area contributed by atoms with E-state index in [2.05, 4.69) is 15.3 Å². The van der Waals surface area contributed by atoms with Gasteiger partial charge in [0.25, 0.3) is 0 Å². The zero-order valence-electron chi connectivity index (χ0n) is 8.36. The van der Waals surface area contributed by atoms with E-state index in [9.17, 15) is 0 Å². The fourth-order valence-corrected chi connectivity index (χ4v) is 1.58. The maximum atomic E-state index is 5.50. The summed E-state index contributed by atoms with van der Waals surface area (Å²) in [5.74, 6) is 1.68. The van der Waals surface area contributed by atoms with Crippen LogP contribution >= 0.6 is 0 Å². The monoisotopic (exact) mass is 193 g/mol. The van der Waals surface area contributed by atoms with E-state index >= 15 is 0 Å². The molecule has 2 rings (SSSR count). The quantitative estimate of drug-likeness (QED) is 0.787. The van der Waals surface area contributed by atoms with Gasteiger partial charge in [-0.05, 0) is 25.8 Å². The van der Waals surface area contributed by atoms with E-state index in [0.717, 1.165) is 31.2 Å². The fourth-order valence-electron chi connectivity index (χ4n) is 1.58. The van der Waals surface area contributed by atoms with Gasteiger partial charge in [-0.3, -0.25) is 0 Å². The highest BCUT2D eigenvalue weighted by molar-refractivity contribution is 5.32. The SMILES string of the molecule is Cc1nccc(NCC2CCCO2)n1. The van der Waals surface area contributed by atoms with Crippen LogP contribution in [0.2, 0.25) is 0 Å². The van der Waals surface area contributed by atoms with Crippen molar-refractivity contribution in [3.63, 3.8) is 0 Å². The highest BCUT2D eigenvalue weighted by Crippen LogP contribution is 2.12. The number of ether oxygens (including phenoxy) is 1. The molecule has 1 saturated heterocycles. The third kappa shape index (κ3) is 2.42. The maximum absolute atomic E-state index is 5.50. The number of nitrogens with zero attached hydrogens (tertiary/aromatic N) is 2. The summed E-state index contributed by atoms with van der Waals surface area (Å²) in [5, 5.41) is 3.25. The Morgan fingerprint density at radius 3 is 3.29 bits per heavy atom. The van der Waals surface area contributed by atoms with Gasteiger partial charge in [0.1, 0.15) is 11.6 Å². The molecule has 0 amide bonds. The van der Waals surface area contributed by atoms with Crippen LogP contribution in [0.1, 0.15) is 18.7 Å². The molecule has 2 heterocycles. The third-order valence-electron chi connectivity index (χ3n) is 2.31. The van der Waals surface area contributed by atoms with Crippen molar-refractivity contribution < 1.29 is 4.74 Å². The van der Waals surface area contributed by atoms with E-state index in [1.165, 1.54) is 6.42 Å². The van der Waals surface area contributed by atoms with Crippen molar-refractivity contribution in [2.75, 3.05) is 18.5 Å². The van der Waals surface area contributed by atoms with Crippen molar-refractivity contribution in [2.24, 2.45) is 0 Å². The number of hydrogen-bond donors (Lipinski definition) is 1. The Bertz CT molecular complexity index is 297. The molecule has 0 saturated carbocycles.